The van der Waals surface area contributed by atoms with Gasteiger partial charge < -0.3 is 10.1 Å². The standard InChI is InChI=1S/C11H15ClFNO/c1-15-6-2-5-14-8-9-3-4-10(13)7-11(9)12/h3-4,7,14H,2,5-6,8H2,1H3. The lowest BCUT2D eigenvalue weighted by molar-refractivity contribution is 0.194. The smallest absolute Gasteiger partial charge is 0.124 e. The lowest BCUT2D eigenvalue weighted by Gasteiger charge is -2.06. The van der Waals surface area contributed by atoms with E-state index in [1.54, 1.807) is 13.2 Å². The van der Waals surface area contributed by atoms with Crippen LogP contribution in [-0.2, 0) is 11.3 Å². The third kappa shape index (κ3) is 4.60. The van der Waals surface area contributed by atoms with Crippen LogP contribution in [-0.4, -0.2) is 20.3 Å². The zero-order chi connectivity index (χ0) is 11.1. The first kappa shape index (κ1) is 12.4. The molecule has 0 aromatic heterocycles. The van der Waals surface area contributed by atoms with E-state index in [1.807, 2.05) is 0 Å². The number of benzene rings is 1. The van der Waals surface area contributed by atoms with Crippen molar-refractivity contribution in [2.24, 2.45) is 0 Å². The van der Waals surface area contributed by atoms with Crippen LogP contribution in [0.4, 0.5) is 4.39 Å². The van der Waals surface area contributed by atoms with Gasteiger partial charge in [-0.3, -0.25) is 0 Å². The summed E-state index contributed by atoms with van der Waals surface area (Å²) in [6.07, 6.45) is 0.954. The predicted molar refractivity (Wildman–Crippen MR) is 59.6 cm³/mol. The first-order valence-electron chi connectivity index (χ1n) is 4.87. The molecule has 0 heterocycles. The molecule has 0 radical (unpaired) electrons. The van der Waals surface area contributed by atoms with Gasteiger partial charge in [0.05, 0.1) is 0 Å². The molecule has 4 heteroatoms. The summed E-state index contributed by atoms with van der Waals surface area (Å²) in [5.41, 5.74) is 0.912. The number of rotatable bonds is 6. The molecule has 0 unspecified atom stereocenters. The van der Waals surface area contributed by atoms with Gasteiger partial charge in [-0.25, -0.2) is 4.39 Å². The molecule has 84 valence electrons. The minimum absolute atomic E-state index is 0.303. The molecule has 0 aliphatic rings. The van der Waals surface area contributed by atoms with Crippen molar-refractivity contribution in [3.8, 4) is 0 Å². The molecule has 0 aliphatic carbocycles. The monoisotopic (exact) mass is 231 g/mol. The van der Waals surface area contributed by atoms with E-state index in [9.17, 15) is 4.39 Å². The number of nitrogens with one attached hydrogen (secondary N) is 1. The minimum atomic E-state index is -0.303. The Morgan fingerprint density at radius 2 is 2.27 bits per heavy atom. The van der Waals surface area contributed by atoms with Gasteiger partial charge in [0.1, 0.15) is 5.82 Å². The van der Waals surface area contributed by atoms with Crippen molar-refractivity contribution in [3.05, 3.63) is 34.6 Å². The second kappa shape index (κ2) is 6.77. The van der Waals surface area contributed by atoms with Gasteiger partial charge in [0.15, 0.2) is 0 Å². The number of ether oxygens (including phenoxy) is 1. The number of halogens is 2. The maximum atomic E-state index is 12.7. The molecule has 1 N–H and O–H groups in total. The average Bonchev–Trinajstić information content (AvgIpc) is 2.20. The Hall–Kier alpha value is -0.640. The number of hydrogen-bond acceptors (Lipinski definition) is 2. The van der Waals surface area contributed by atoms with Crippen molar-refractivity contribution in [1.29, 1.82) is 0 Å². The van der Waals surface area contributed by atoms with Gasteiger partial charge in [-0.2, -0.15) is 0 Å². The Morgan fingerprint density at radius 3 is 2.93 bits per heavy atom. The molecule has 1 aromatic rings. The molecule has 0 bridgehead atoms. The van der Waals surface area contributed by atoms with Gasteiger partial charge in [0.2, 0.25) is 0 Å². The highest BCUT2D eigenvalue weighted by Crippen LogP contribution is 2.16. The van der Waals surface area contributed by atoms with Crippen molar-refractivity contribution in [3.63, 3.8) is 0 Å². The highest BCUT2D eigenvalue weighted by atomic mass is 35.5. The normalized spacial score (nSPS) is 10.6. The molecule has 0 aliphatic heterocycles. The lowest BCUT2D eigenvalue weighted by Crippen LogP contribution is -2.16. The van der Waals surface area contributed by atoms with E-state index in [2.05, 4.69) is 5.32 Å². The number of methoxy groups -OCH3 is 1. The highest BCUT2D eigenvalue weighted by molar-refractivity contribution is 6.31. The Morgan fingerprint density at radius 1 is 1.47 bits per heavy atom. The molecule has 1 aromatic carbocycles. The fourth-order valence-corrected chi connectivity index (χ4v) is 1.46. The van der Waals surface area contributed by atoms with E-state index in [-0.39, 0.29) is 5.82 Å². The van der Waals surface area contributed by atoms with E-state index >= 15 is 0 Å². The zero-order valence-corrected chi connectivity index (χ0v) is 9.48. The average molecular weight is 232 g/mol. The van der Waals surface area contributed by atoms with Crippen molar-refractivity contribution in [2.45, 2.75) is 13.0 Å². The van der Waals surface area contributed by atoms with Crippen molar-refractivity contribution < 1.29 is 9.13 Å². The Bertz CT molecular complexity index is 307. The van der Waals surface area contributed by atoms with Gasteiger partial charge >= 0.3 is 0 Å². The predicted octanol–water partition coefficient (Wildman–Crippen LogP) is 2.61. The molecular weight excluding hydrogens is 217 g/mol. The summed E-state index contributed by atoms with van der Waals surface area (Å²) in [6.45, 7) is 2.26. The zero-order valence-electron chi connectivity index (χ0n) is 8.72. The molecule has 0 saturated heterocycles. The Balaban J connectivity index is 2.31. The third-order valence-corrected chi connectivity index (χ3v) is 2.38. The van der Waals surface area contributed by atoms with Gasteiger partial charge in [0, 0.05) is 25.3 Å². The number of hydrogen-bond donors (Lipinski definition) is 1. The SMILES string of the molecule is COCCCNCc1ccc(F)cc1Cl. The van der Waals surface area contributed by atoms with Crippen LogP contribution >= 0.6 is 11.6 Å². The van der Waals surface area contributed by atoms with Crippen LogP contribution < -0.4 is 5.32 Å². The summed E-state index contributed by atoms with van der Waals surface area (Å²) in [6, 6.07) is 4.44. The van der Waals surface area contributed by atoms with Gasteiger partial charge in [0.25, 0.3) is 0 Å². The topological polar surface area (TPSA) is 21.3 Å². The summed E-state index contributed by atoms with van der Waals surface area (Å²) in [5.74, 6) is -0.303. The second-order valence-electron chi connectivity index (χ2n) is 3.26. The summed E-state index contributed by atoms with van der Waals surface area (Å²) < 4.78 is 17.6. The van der Waals surface area contributed by atoms with Crippen LogP contribution in [0.5, 0.6) is 0 Å². The second-order valence-corrected chi connectivity index (χ2v) is 3.67. The third-order valence-electron chi connectivity index (χ3n) is 2.03. The molecule has 2 nitrogen and oxygen atoms in total. The van der Waals surface area contributed by atoms with Gasteiger partial charge in [-0.1, -0.05) is 17.7 Å². The van der Waals surface area contributed by atoms with Crippen LogP contribution in [0.1, 0.15) is 12.0 Å². The van der Waals surface area contributed by atoms with Crippen LogP contribution in [0.25, 0.3) is 0 Å². The minimum Gasteiger partial charge on any atom is -0.385 e. The van der Waals surface area contributed by atoms with Crippen LogP contribution in [0, 0.1) is 5.82 Å². The first-order chi connectivity index (χ1) is 7.24. The van der Waals surface area contributed by atoms with Crippen molar-refractivity contribution in [1.82, 2.24) is 5.32 Å². The van der Waals surface area contributed by atoms with Gasteiger partial charge in [-0.15, -0.1) is 0 Å². The van der Waals surface area contributed by atoms with Gasteiger partial charge in [-0.05, 0) is 30.7 Å². The maximum absolute atomic E-state index is 12.7. The molecule has 0 fully saturated rings. The van der Waals surface area contributed by atoms with E-state index in [0.29, 0.717) is 11.6 Å². The van der Waals surface area contributed by atoms with E-state index < -0.39 is 0 Å². The van der Waals surface area contributed by atoms with Crippen molar-refractivity contribution in [2.75, 3.05) is 20.3 Å². The first-order valence-corrected chi connectivity index (χ1v) is 5.25. The summed E-state index contributed by atoms with van der Waals surface area (Å²) in [5, 5.41) is 3.68. The molecule has 1 rings (SSSR count). The van der Waals surface area contributed by atoms with E-state index in [1.165, 1.54) is 12.1 Å². The molecule has 0 atom stereocenters. The van der Waals surface area contributed by atoms with Crippen LogP contribution in [0.2, 0.25) is 5.02 Å². The summed E-state index contributed by atoms with van der Waals surface area (Å²) in [7, 11) is 1.68. The molecular formula is C11H15ClFNO. The lowest BCUT2D eigenvalue weighted by atomic mass is 10.2. The fourth-order valence-electron chi connectivity index (χ4n) is 1.23. The molecule has 0 spiro atoms. The summed E-state index contributed by atoms with van der Waals surface area (Å²) >= 11 is 5.86. The van der Waals surface area contributed by atoms with Crippen molar-refractivity contribution >= 4 is 11.6 Å². The Kier molecular flexibility index (Phi) is 5.61. The van der Waals surface area contributed by atoms with E-state index in [0.717, 1.165) is 25.1 Å². The highest BCUT2D eigenvalue weighted by Gasteiger charge is 2.00. The largest absolute Gasteiger partial charge is 0.385 e. The fraction of sp³-hybridized carbons (Fsp3) is 0.455. The van der Waals surface area contributed by atoms with Crippen LogP contribution in [0.3, 0.4) is 0 Å². The van der Waals surface area contributed by atoms with E-state index in [4.69, 9.17) is 16.3 Å². The maximum Gasteiger partial charge on any atom is 0.124 e. The molecule has 15 heavy (non-hydrogen) atoms. The molecule has 0 amide bonds. The summed E-state index contributed by atoms with van der Waals surface area (Å²) in [4.78, 5) is 0. The van der Waals surface area contributed by atoms with Crippen LogP contribution in [0.15, 0.2) is 18.2 Å². The molecule has 0 saturated carbocycles. The quantitative estimate of drug-likeness (QED) is 0.760. The Labute approximate surface area is 94.4 Å².